The van der Waals surface area contributed by atoms with Crippen molar-refractivity contribution in [2.45, 2.75) is 72.3 Å². The van der Waals surface area contributed by atoms with Crippen LogP contribution in [-0.2, 0) is 4.79 Å². The van der Waals surface area contributed by atoms with E-state index in [-0.39, 0.29) is 0 Å². The Bertz CT molecular complexity index is 205. The van der Waals surface area contributed by atoms with Gasteiger partial charge in [-0.05, 0) is 25.8 Å². The van der Waals surface area contributed by atoms with Gasteiger partial charge in [-0.2, -0.15) is 0 Å². The molecule has 0 aliphatic rings. The van der Waals surface area contributed by atoms with E-state index in [0.29, 0.717) is 18.4 Å². The summed E-state index contributed by atoms with van der Waals surface area (Å²) < 4.78 is 0. The van der Waals surface area contributed by atoms with Gasteiger partial charge >= 0.3 is 0 Å². The number of unbranched alkanes of at least 4 members (excludes halogenated alkanes) is 3. The zero-order valence-corrected chi connectivity index (χ0v) is 12.8. The van der Waals surface area contributed by atoms with Gasteiger partial charge in [0.1, 0.15) is 0 Å². The monoisotopic (exact) mass is 256 g/mol. The van der Waals surface area contributed by atoms with E-state index >= 15 is 0 Å². The molecule has 0 saturated heterocycles. The molecule has 0 aromatic rings. The summed E-state index contributed by atoms with van der Waals surface area (Å²) in [6.07, 6.45) is 6.47. The molecule has 0 spiro atoms. The molecule has 0 heterocycles. The zero-order chi connectivity index (χ0) is 13.8. The molecule has 0 radical (unpaired) electrons. The van der Waals surface area contributed by atoms with Gasteiger partial charge in [-0.3, -0.25) is 4.79 Å². The first-order valence-electron chi connectivity index (χ1n) is 7.62. The number of hydrogen-bond acceptors (Lipinski definition) is 2. The average molecular weight is 256 g/mol. The van der Waals surface area contributed by atoms with Gasteiger partial charge in [0.05, 0.1) is 0 Å². The summed E-state index contributed by atoms with van der Waals surface area (Å²) in [7, 11) is 0. The van der Waals surface area contributed by atoms with Crippen molar-refractivity contribution < 1.29 is 4.79 Å². The molecule has 0 aliphatic carbocycles. The fraction of sp³-hybridized carbons (Fsp3) is 0.933. The van der Waals surface area contributed by atoms with Crippen molar-refractivity contribution in [1.82, 2.24) is 10.2 Å². The smallest absolute Gasteiger partial charge is 0.222 e. The predicted octanol–water partition coefficient (Wildman–Crippen LogP) is 3.19. The summed E-state index contributed by atoms with van der Waals surface area (Å²) in [6, 6.07) is 0.577. The van der Waals surface area contributed by atoms with E-state index in [4.69, 9.17) is 0 Å². The Hall–Kier alpha value is -0.570. The molecular weight excluding hydrogens is 224 g/mol. The Morgan fingerprint density at radius 3 is 2.28 bits per heavy atom. The first-order chi connectivity index (χ1) is 8.61. The van der Waals surface area contributed by atoms with Gasteiger partial charge in [0, 0.05) is 25.6 Å². The summed E-state index contributed by atoms with van der Waals surface area (Å²) in [4.78, 5) is 13.8. The maximum absolute atomic E-state index is 11.7. The SMILES string of the molecule is CCCCN(CCCCCNC(C)C)C(=O)CC. The highest BCUT2D eigenvalue weighted by Crippen LogP contribution is 2.03. The van der Waals surface area contributed by atoms with Crippen molar-refractivity contribution in [3.63, 3.8) is 0 Å². The number of hydrogen-bond donors (Lipinski definition) is 1. The number of nitrogens with zero attached hydrogens (tertiary/aromatic N) is 1. The summed E-state index contributed by atoms with van der Waals surface area (Å²) in [5, 5.41) is 3.42. The third-order valence-electron chi connectivity index (χ3n) is 3.09. The average Bonchev–Trinajstić information content (AvgIpc) is 2.35. The Kier molecular flexibility index (Phi) is 11.2. The van der Waals surface area contributed by atoms with Gasteiger partial charge in [0.25, 0.3) is 0 Å². The molecule has 0 rings (SSSR count). The Balaban J connectivity index is 3.65. The second-order valence-corrected chi connectivity index (χ2v) is 5.26. The molecule has 0 aliphatic heterocycles. The van der Waals surface area contributed by atoms with E-state index in [1.54, 1.807) is 0 Å². The molecule has 0 fully saturated rings. The standard InChI is InChI=1S/C15H32N2O/c1-5-7-12-17(15(18)6-2)13-10-8-9-11-16-14(3)4/h14,16H,5-13H2,1-4H3. The first kappa shape index (κ1) is 17.4. The second-order valence-electron chi connectivity index (χ2n) is 5.26. The van der Waals surface area contributed by atoms with Crippen LogP contribution in [0.4, 0.5) is 0 Å². The summed E-state index contributed by atoms with van der Waals surface area (Å²) in [6.45, 7) is 11.4. The molecule has 108 valence electrons. The molecule has 3 heteroatoms. The van der Waals surface area contributed by atoms with E-state index in [9.17, 15) is 4.79 Å². The van der Waals surface area contributed by atoms with Crippen molar-refractivity contribution >= 4 is 5.91 Å². The number of carbonyl (C=O) groups excluding carboxylic acids is 1. The highest BCUT2D eigenvalue weighted by atomic mass is 16.2. The van der Waals surface area contributed by atoms with Crippen molar-refractivity contribution in [2.75, 3.05) is 19.6 Å². The molecule has 1 N–H and O–H groups in total. The molecule has 0 saturated carbocycles. The highest BCUT2D eigenvalue weighted by molar-refractivity contribution is 5.75. The molecule has 3 nitrogen and oxygen atoms in total. The predicted molar refractivity (Wildman–Crippen MR) is 78.8 cm³/mol. The van der Waals surface area contributed by atoms with E-state index in [2.05, 4.69) is 26.1 Å². The third-order valence-corrected chi connectivity index (χ3v) is 3.09. The number of nitrogens with one attached hydrogen (secondary N) is 1. The lowest BCUT2D eigenvalue weighted by Gasteiger charge is -2.22. The molecule has 18 heavy (non-hydrogen) atoms. The van der Waals surface area contributed by atoms with Crippen LogP contribution in [0.15, 0.2) is 0 Å². The quantitative estimate of drug-likeness (QED) is 0.576. The molecule has 0 aromatic carbocycles. The van der Waals surface area contributed by atoms with Gasteiger partial charge in [-0.25, -0.2) is 0 Å². The van der Waals surface area contributed by atoms with E-state index < -0.39 is 0 Å². The molecule has 1 amide bonds. The lowest BCUT2D eigenvalue weighted by atomic mass is 10.2. The van der Waals surface area contributed by atoms with E-state index in [1.807, 2.05) is 11.8 Å². The molecule has 0 aromatic heterocycles. The Morgan fingerprint density at radius 2 is 1.72 bits per heavy atom. The fourth-order valence-corrected chi connectivity index (χ4v) is 1.93. The molecular formula is C15H32N2O. The van der Waals surface area contributed by atoms with Crippen LogP contribution in [0.5, 0.6) is 0 Å². The van der Waals surface area contributed by atoms with Crippen LogP contribution in [0.25, 0.3) is 0 Å². The van der Waals surface area contributed by atoms with E-state index in [0.717, 1.165) is 38.9 Å². The lowest BCUT2D eigenvalue weighted by Crippen LogP contribution is -2.32. The lowest BCUT2D eigenvalue weighted by molar-refractivity contribution is -0.131. The summed E-state index contributed by atoms with van der Waals surface area (Å²) in [5.41, 5.74) is 0. The zero-order valence-electron chi connectivity index (χ0n) is 12.8. The van der Waals surface area contributed by atoms with E-state index in [1.165, 1.54) is 12.8 Å². The van der Waals surface area contributed by atoms with Crippen LogP contribution >= 0.6 is 0 Å². The van der Waals surface area contributed by atoms with Gasteiger partial charge in [-0.15, -0.1) is 0 Å². The largest absolute Gasteiger partial charge is 0.343 e. The molecule has 0 unspecified atom stereocenters. The van der Waals surface area contributed by atoms with Crippen LogP contribution in [0.1, 0.15) is 66.2 Å². The minimum atomic E-state index is 0.309. The van der Waals surface area contributed by atoms with Crippen LogP contribution < -0.4 is 5.32 Å². The topological polar surface area (TPSA) is 32.3 Å². The Labute approximate surface area is 113 Å². The van der Waals surface area contributed by atoms with Crippen molar-refractivity contribution in [1.29, 1.82) is 0 Å². The van der Waals surface area contributed by atoms with Gasteiger partial charge < -0.3 is 10.2 Å². The first-order valence-corrected chi connectivity index (χ1v) is 7.62. The fourth-order valence-electron chi connectivity index (χ4n) is 1.93. The third kappa shape index (κ3) is 9.46. The number of carbonyl (C=O) groups is 1. The normalized spacial score (nSPS) is 10.9. The molecule has 0 bridgehead atoms. The van der Waals surface area contributed by atoms with Gasteiger partial charge in [-0.1, -0.05) is 40.5 Å². The Morgan fingerprint density at radius 1 is 1.06 bits per heavy atom. The van der Waals surface area contributed by atoms with Gasteiger partial charge in [0.15, 0.2) is 0 Å². The van der Waals surface area contributed by atoms with Crippen LogP contribution in [0.3, 0.4) is 0 Å². The maximum atomic E-state index is 11.7. The number of amides is 1. The second kappa shape index (κ2) is 11.5. The highest BCUT2D eigenvalue weighted by Gasteiger charge is 2.09. The van der Waals surface area contributed by atoms with Crippen molar-refractivity contribution in [3.05, 3.63) is 0 Å². The minimum Gasteiger partial charge on any atom is -0.343 e. The number of rotatable bonds is 11. The summed E-state index contributed by atoms with van der Waals surface area (Å²) >= 11 is 0. The van der Waals surface area contributed by atoms with Crippen LogP contribution in [0, 0.1) is 0 Å². The minimum absolute atomic E-state index is 0.309. The van der Waals surface area contributed by atoms with Gasteiger partial charge in [0.2, 0.25) is 5.91 Å². The maximum Gasteiger partial charge on any atom is 0.222 e. The van der Waals surface area contributed by atoms with Crippen molar-refractivity contribution in [2.24, 2.45) is 0 Å². The van der Waals surface area contributed by atoms with Crippen LogP contribution in [0.2, 0.25) is 0 Å². The van der Waals surface area contributed by atoms with Crippen LogP contribution in [-0.4, -0.2) is 36.5 Å². The summed E-state index contributed by atoms with van der Waals surface area (Å²) in [5.74, 6) is 0.309. The van der Waals surface area contributed by atoms with Crippen molar-refractivity contribution in [3.8, 4) is 0 Å². The molecule has 0 atom stereocenters.